The predicted molar refractivity (Wildman–Crippen MR) is 103 cm³/mol. The van der Waals surface area contributed by atoms with Crippen molar-refractivity contribution in [1.29, 1.82) is 0 Å². The smallest absolute Gasteiger partial charge is 0.345 e. The summed E-state index contributed by atoms with van der Waals surface area (Å²) in [6.07, 6.45) is 1.03. The van der Waals surface area contributed by atoms with Crippen molar-refractivity contribution in [3.8, 4) is 0 Å². The van der Waals surface area contributed by atoms with Gasteiger partial charge in [-0.25, -0.2) is 22.8 Å². The molecule has 0 saturated heterocycles. The first kappa shape index (κ1) is 25.8. The number of Topliss-reactive ketones (excluding diaryl/α,β-unsaturated/α-hetero) is 1. The molecule has 0 N–H and O–H groups in total. The molecule has 0 heterocycles. The van der Waals surface area contributed by atoms with E-state index in [1.807, 2.05) is 0 Å². The summed E-state index contributed by atoms with van der Waals surface area (Å²) in [6, 6.07) is 5.09. The lowest BCUT2D eigenvalue weighted by molar-refractivity contribution is -0.170. The van der Waals surface area contributed by atoms with Crippen molar-refractivity contribution in [2.24, 2.45) is 0 Å². The van der Waals surface area contributed by atoms with Gasteiger partial charge < -0.3 is 18.9 Å². The summed E-state index contributed by atoms with van der Waals surface area (Å²) in [6.45, 7) is 1.38. The van der Waals surface area contributed by atoms with Crippen LogP contribution < -0.4 is 0 Å². The Hall–Kier alpha value is -3.28. The first-order chi connectivity index (χ1) is 14.2. The van der Waals surface area contributed by atoms with Crippen LogP contribution in [-0.4, -0.2) is 69.8 Å². The zero-order chi connectivity index (χ0) is 23.8. The fourth-order valence-corrected chi connectivity index (χ4v) is 2.71. The summed E-state index contributed by atoms with van der Waals surface area (Å²) in [4.78, 5) is 57.7. The van der Waals surface area contributed by atoms with Crippen molar-refractivity contribution < 1.29 is 51.3 Å². The standard InChI is InChI=1S/C19H22O11S/c1-12(20)27-9-15(21)28-10-16(22)29-11-17(23)30-19(2,3)18(24)13-5-7-14(8-6-13)31(4,25)26/h5-8H,9-11H2,1-4H3. The molecule has 0 saturated carbocycles. The molecule has 0 aliphatic rings. The molecular weight excluding hydrogens is 436 g/mol. The van der Waals surface area contributed by atoms with Gasteiger partial charge in [0.25, 0.3) is 0 Å². The number of esters is 4. The maximum atomic E-state index is 12.6. The van der Waals surface area contributed by atoms with Crippen molar-refractivity contribution in [3.05, 3.63) is 29.8 Å². The summed E-state index contributed by atoms with van der Waals surface area (Å²) in [7, 11) is -3.43. The Morgan fingerprint density at radius 1 is 0.806 bits per heavy atom. The van der Waals surface area contributed by atoms with Gasteiger partial charge in [0.2, 0.25) is 5.78 Å². The van der Waals surface area contributed by atoms with Gasteiger partial charge in [-0.05, 0) is 38.1 Å². The van der Waals surface area contributed by atoms with Crippen molar-refractivity contribution in [2.75, 3.05) is 26.1 Å². The highest BCUT2D eigenvalue weighted by atomic mass is 32.2. The van der Waals surface area contributed by atoms with E-state index in [4.69, 9.17) is 4.74 Å². The minimum Gasteiger partial charge on any atom is -0.454 e. The first-order valence-electron chi connectivity index (χ1n) is 8.74. The average Bonchev–Trinajstić information content (AvgIpc) is 2.67. The Labute approximate surface area is 178 Å². The van der Waals surface area contributed by atoms with E-state index in [2.05, 4.69) is 14.2 Å². The van der Waals surface area contributed by atoms with Crippen LogP contribution in [0.2, 0.25) is 0 Å². The van der Waals surface area contributed by atoms with E-state index >= 15 is 0 Å². The molecule has 1 aromatic rings. The van der Waals surface area contributed by atoms with Crippen LogP contribution in [0.5, 0.6) is 0 Å². The van der Waals surface area contributed by atoms with Crippen LogP contribution in [0.1, 0.15) is 31.1 Å². The monoisotopic (exact) mass is 458 g/mol. The van der Waals surface area contributed by atoms with Gasteiger partial charge in [0, 0.05) is 18.7 Å². The number of carbonyl (C=O) groups excluding carboxylic acids is 5. The number of ketones is 1. The Morgan fingerprint density at radius 3 is 1.71 bits per heavy atom. The van der Waals surface area contributed by atoms with Crippen LogP contribution in [0.15, 0.2) is 29.2 Å². The second-order valence-corrected chi connectivity index (χ2v) is 8.73. The van der Waals surface area contributed by atoms with Crippen molar-refractivity contribution >= 4 is 39.5 Å². The van der Waals surface area contributed by atoms with Gasteiger partial charge in [0.15, 0.2) is 35.3 Å². The van der Waals surface area contributed by atoms with E-state index in [1.165, 1.54) is 38.1 Å². The molecule has 11 nitrogen and oxygen atoms in total. The molecule has 0 radical (unpaired) electrons. The summed E-state index contributed by atoms with van der Waals surface area (Å²) in [5.41, 5.74) is -1.52. The Kier molecular flexibility index (Phi) is 8.86. The number of ether oxygens (including phenoxy) is 4. The zero-order valence-electron chi connectivity index (χ0n) is 17.3. The molecule has 0 aliphatic heterocycles. The molecule has 0 unspecified atom stereocenters. The quantitative estimate of drug-likeness (QED) is 0.269. The topological polar surface area (TPSA) is 156 Å². The SMILES string of the molecule is CC(=O)OCC(=O)OCC(=O)OCC(=O)OC(C)(C)C(=O)c1ccc(S(C)(=O)=O)cc1. The minimum atomic E-state index is -3.43. The predicted octanol–water partition coefficient (Wildman–Crippen LogP) is 0.244. The zero-order valence-corrected chi connectivity index (χ0v) is 18.1. The fourth-order valence-electron chi connectivity index (χ4n) is 2.08. The summed E-state index contributed by atoms with van der Waals surface area (Å²) < 4.78 is 41.4. The van der Waals surface area contributed by atoms with E-state index in [-0.39, 0.29) is 10.5 Å². The van der Waals surface area contributed by atoms with Crippen molar-refractivity contribution in [3.63, 3.8) is 0 Å². The lowest BCUT2D eigenvalue weighted by Gasteiger charge is -2.23. The van der Waals surface area contributed by atoms with Gasteiger partial charge in [0.05, 0.1) is 4.90 Å². The molecule has 0 amide bonds. The summed E-state index contributed by atoms with van der Waals surface area (Å²) in [5.74, 6) is -4.39. The van der Waals surface area contributed by atoms with E-state index < -0.39 is 64.9 Å². The molecule has 0 spiro atoms. The highest BCUT2D eigenvalue weighted by molar-refractivity contribution is 7.90. The second-order valence-electron chi connectivity index (χ2n) is 6.71. The van der Waals surface area contributed by atoms with Crippen molar-refractivity contribution in [2.45, 2.75) is 31.3 Å². The molecule has 170 valence electrons. The third kappa shape index (κ3) is 8.95. The highest BCUT2D eigenvalue weighted by Gasteiger charge is 2.33. The van der Waals surface area contributed by atoms with E-state index in [9.17, 15) is 32.4 Å². The third-order valence-electron chi connectivity index (χ3n) is 3.56. The molecule has 31 heavy (non-hydrogen) atoms. The minimum absolute atomic E-state index is 0.0271. The summed E-state index contributed by atoms with van der Waals surface area (Å²) >= 11 is 0. The van der Waals surface area contributed by atoms with Crippen LogP contribution in [0.25, 0.3) is 0 Å². The highest BCUT2D eigenvalue weighted by Crippen LogP contribution is 2.19. The number of benzene rings is 1. The molecule has 0 aromatic heterocycles. The molecule has 0 bridgehead atoms. The molecular formula is C19H22O11S. The van der Waals surface area contributed by atoms with Crippen LogP contribution in [-0.2, 0) is 48.0 Å². The number of carbonyl (C=O) groups is 5. The van der Waals surface area contributed by atoms with Crippen LogP contribution in [0.3, 0.4) is 0 Å². The number of sulfone groups is 1. The lowest BCUT2D eigenvalue weighted by Crippen LogP contribution is -2.38. The summed E-state index contributed by atoms with van der Waals surface area (Å²) in [5, 5.41) is 0. The van der Waals surface area contributed by atoms with Gasteiger partial charge in [-0.15, -0.1) is 0 Å². The van der Waals surface area contributed by atoms with E-state index in [1.54, 1.807) is 0 Å². The van der Waals surface area contributed by atoms with Crippen LogP contribution >= 0.6 is 0 Å². The Bertz CT molecular complexity index is 959. The average molecular weight is 458 g/mol. The largest absolute Gasteiger partial charge is 0.454 e. The molecule has 1 aromatic carbocycles. The normalized spacial score (nSPS) is 11.2. The Morgan fingerprint density at radius 2 is 1.26 bits per heavy atom. The molecule has 1 rings (SSSR count). The maximum Gasteiger partial charge on any atom is 0.345 e. The van der Waals surface area contributed by atoms with E-state index in [0.717, 1.165) is 13.2 Å². The van der Waals surface area contributed by atoms with Crippen LogP contribution in [0.4, 0.5) is 0 Å². The lowest BCUT2D eigenvalue weighted by atomic mass is 9.96. The van der Waals surface area contributed by atoms with Crippen molar-refractivity contribution in [1.82, 2.24) is 0 Å². The van der Waals surface area contributed by atoms with Crippen LogP contribution in [0, 0.1) is 0 Å². The third-order valence-corrected chi connectivity index (χ3v) is 4.68. The number of hydrogen-bond donors (Lipinski definition) is 0. The fraction of sp³-hybridized carbons (Fsp3) is 0.421. The van der Waals surface area contributed by atoms with Gasteiger partial charge >= 0.3 is 23.9 Å². The molecule has 12 heteroatoms. The molecule has 0 aliphatic carbocycles. The van der Waals surface area contributed by atoms with Gasteiger partial charge in [-0.3, -0.25) is 9.59 Å². The molecule has 0 atom stereocenters. The second kappa shape index (κ2) is 10.7. The van der Waals surface area contributed by atoms with Gasteiger partial charge in [-0.1, -0.05) is 0 Å². The van der Waals surface area contributed by atoms with Gasteiger partial charge in [0.1, 0.15) is 0 Å². The van der Waals surface area contributed by atoms with E-state index in [0.29, 0.717) is 0 Å². The van der Waals surface area contributed by atoms with Gasteiger partial charge in [-0.2, -0.15) is 0 Å². The first-order valence-corrected chi connectivity index (χ1v) is 10.6. The Balaban J connectivity index is 2.54. The number of hydrogen-bond acceptors (Lipinski definition) is 11. The molecule has 0 fully saturated rings. The maximum absolute atomic E-state index is 12.6. The number of rotatable bonds is 10.